The number of halogens is 1. The van der Waals surface area contributed by atoms with E-state index in [2.05, 4.69) is 9.97 Å². The summed E-state index contributed by atoms with van der Waals surface area (Å²) in [5.41, 5.74) is -4.53. The van der Waals surface area contributed by atoms with Gasteiger partial charge in [0.05, 0.1) is 35.9 Å². The molecular formula is C43H64FN5O10. The SMILES string of the molecule is CC[C@H]1OC(=O)[C@@](C)(F)C(=O)[C@H](C)[C@@H](O[C@@H]2O[C@H](C)C[C@H](N(C)C)[C@H]2O)[C@](C)(OC)C[C@@H](C)C(=O)[C@H](C)[C@H]2N(CCCCn3cnc(-c4cccnc4)c3)C(=O)O[C@]12C. The van der Waals surface area contributed by atoms with E-state index >= 15 is 4.39 Å². The van der Waals surface area contributed by atoms with E-state index in [0.717, 1.165) is 18.2 Å². The number of carbonyl (C=O) groups is 4. The number of aliphatic hydroxyl groups excluding tert-OH is 1. The van der Waals surface area contributed by atoms with Crippen LogP contribution in [-0.4, -0.2) is 140 Å². The van der Waals surface area contributed by atoms with Gasteiger partial charge < -0.3 is 43.2 Å². The van der Waals surface area contributed by atoms with Crippen LogP contribution in [0.25, 0.3) is 11.3 Å². The molecule has 13 atom stereocenters. The number of likely N-dealkylation sites (N-methyl/N-ethyl adjacent to an activating group) is 1. The van der Waals surface area contributed by atoms with Crippen molar-refractivity contribution in [2.24, 2.45) is 17.8 Å². The van der Waals surface area contributed by atoms with Gasteiger partial charge in [-0.2, -0.15) is 0 Å². The van der Waals surface area contributed by atoms with E-state index in [1.807, 2.05) is 48.8 Å². The van der Waals surface area contributed by atoms with Gasteiger partial charge in [-0.1, -0.05) is 27.7 Å². The summed E-state index contributed by atoms with van der Waals surface area (Å²) >= 11 is 0. The van der Waals surface area contributed by atoms with Crippen molar-refractivity contribution in [2.75, 3.05) is 27.7 Å². The van der Waals surface area contributed by atoms with Gasteiger partial charge in [-0.15, -0.1) is 0 Å². The Morgan fingerprint density at radius 1 is 1.05 bits per heavy atom. The molecule has 0 aromatic carbocycles. The Kier molecular flexibility index (Phi) is 14.4. The Morgan fingerprint density at radius 3 is 2.37 bits per heavy atom. The highest BCUT2D eigenvalue weighted by Gasteiger charge is 2.61. The number of fused-ring (bicyclic) bond motifs is 1. The normalized spacial score (nSPS) is 37.6. The fourth-order valence-corrected chi connectivity index (χ4v) is 9.43. The van der Waals surface area contributed by atoms with Crippen LogP contribution < -0.4 is 0 Å². The second-order valence-electron chi connectivity index (χ2n) is 17.5. The van der Waals surface area contributed by atoms with Crippen LogP contribution in [0.2, 0.25) is 0 Å². The Labute approximate surface area is 347 Å². The van der Waals surface area contributed by atoms with Crippen LogP contribution in [-0.2, 0) is 44.6 Å². The zero-order valence-corrected chi connectivity index (χ0v) is 36.4. The van der Waals surface area contributed by atoms with Crippen LogP contribution in [0.4, 0.5) is 9.18 Å². The van der Waals surface area contributed by atoms with Crippen LogP contribution in [0.15, 0.2) is 37.1 Å². The van der Waals surface area contributed by atoms with Crippen LogP contribution in [0.3, 0.4) is 0 Å². The topological polar surface area (TPSA) is 172 Å². The van der Waals surface area contributed by atoms with E-state index in [0.29, 0.717) is 25.8 Å². The minimum absolute atomic E-state index is 0.000728. The number of hydrogen-bond donors (Lipinski definition) is 1. The highest BCUT2D eigenvalue weighted by atomic mass is 19.1. The van der Waals surface area contributed by atoms with Crippen molar-refractivity contribution in [3.63, 3.8) is 0 Å². The number of ketones is 2. The zero-order valence-electron chi connectivity index (χ0n) is 36.4. The number of alkyl halides is 1. The molecule has 5 rings (SSSR count). The number of Topliss-reactive ketones (excluding diaryl/α,β-unsaturated/α-hetero) is 2. The van der Waals surface area contributed by atoms with Gasteiger partial charge in [-0.05, 0) is 86.0 Å². The average molecular weight is 830 g/mol. The molecule has 3 saturated heterocycles. The van der Waals surface area contributed by atoms with Crippen molar-refractivity contribution >= 4 is 23.6 Å². The maximum absolute atomic E-state index is 16.9. The molecule has 0 spiro atoms. The molecule has 0 aliphatic carbocycles. The van der Waals surface area contributed by atoms with Gasteiger partial charge in [0, 0.05) is 68.1 Å². The first-order valence-corrected chi connectivity index (χ1v) is 20.8. The van der Waals surface area contributed by atoms with Gasteiger partial charge >= 0.3 is 12.1 Å². The molecule has 5 heterocycles. The summed E-state index contributed by atoms with van der Waals surface area (Å²) in [6, 6.07) is 2.49. The number of rotatable bonds is 11. The molecule has 0 radical (unpaired) electrons. The molecule has 15 nitrogen and oxygen atoms in total. The van der Waals surface area contributed by atoms with Crippen LogP contribution in [0.5, 0.6) is 0 Å². The number of amides is 1. The van der Waals surface area contributed by atoms with Crippen molar-refractivity contribution < 1.29 is 52.4 Å². The number of carbonyl (C=O) groups excluding carboxylic acids is 4. The summed E-state index contributed by atoms with van der Waals surface area (Å²) in [4.78, 5) is 68.7. The standard InChI is InChI=1S/C43H64FN5O10/c1-12-32-43(8)35(49(40(54)59-43)19-14-13-18-48-23-30(46-24-48)29-16-15-17-45-22-29)27(4)33(50)25(2)21-41(6,55-11)37(28(5)36(52)42(7,44)39(53)57-32)58-38-34(51)31(47(9)10)20-26(3)56-38/h15-17,22-28,31-32,34-35,37-38,51H,12-14,18-21H2,1-11H3/t25-,26-,27+,28+,31+,32-,34-,35-,37-,38+,41-,42+,43-/m1/s1. The molecule has 3 aliphatic rings. The maximum atomic E-state index is 16.9. The van der Waals surface area contributed by atoms with Gasteiger partial charge in [0.25, 0.3) is 5.67 Å². The van der Waals surface area contributed by atoms with E-state index in [4.69, 9.17) is 23.7 Å². The predicted molar refractivity (Wildman–Crippen MR) is 215 cm³/mol. The van der Waals surface area contributed by atoms with Crippen LogP contribution in [0.1, 0.15) is 87.5 Å². The minimum atomic E-state index is -3.18. The van der Waals surface area contributed by atoms with Crippen molar-refractivity contribution in [2.45, 2.75) is 154 Å². The Hall–Kier alpha value is -3.83. The third-order valence-corrected chi connectivity index (χ3v) is 12.8. The molecule has 328 valence electrons. The lowest BCUT2D eigenvalue weighted by Gasteiger charge is -2.47. The monoisotopic (exact) mass is 829 g/mol. The van der Waals surface area contributed by atoms with Gasteiger partial charge in [0.15, 0.2) is 17.7 Å². The smallest absolute Gasteiger partial charge is 0.410 e. The lowest BCUT2D eigenvalue weighted by atomic mass is 9.73. The third kappa shape index (κ3) is 9.41. The molecule has 0 bridgehead atoms. The number of ether oxygens (including phenoxy) is 5. The van der Waals surface area contributed by atoms with Gasteiger partial charge in [0.2, 0.25) is 0 Å². The van der Waals surface area contributed by atoms with Crippen LogP contribution in [0, 0.1) is 17.8 Å². The van der Waals surface area contributed by atoms with Gasteiger partial charge in [-0.3, -0.25) is 14.6 Å². The number of methoxy groups -OCH3 is 1. The number of hydrogen-bond acceptors (Lipinski definition) is 13. The molecule has 16 heteroatoms. The second kappa shape index (κ2) is 18.4. The molecule has 1 N–H and O–H groups in total. The number of esters is 1. The molecule has 1 amide bonds. The minimum Gasteiger partial charge on any atom is -0.455 e. The molecule has 0 unspecified atom stereocenters. The van der Waals surface area contributed by atoms with Crippen molar-refractivity contribution in [3.05, 3.63) is 37.1 Å². The van der Waals surface area contributed by atoms with E-state index in [-0.39, 0.29) is 37.3 Å². The maximum Gasteiger partial charge on any atom is 0.410 e. The number of cyclic esters (lactones) is 1. The Bertz CT molecular complexity index is 1790. The first kappa shape index (κ1) is 46.2. The van der Waals surface area contributed by atoms with E-state index in [9.17, 15) is 24.3 Å². The Balaban J connectivity index is 1.46. The zero-order chi connectivity index (χ0) is 43.6. The van der Waals surface area contributed by atoms with Gasteiger partial charge in [-0.25, -0.2) is 19.0 Å². The third-order valence-electron chi connectivity index (χ3n) is 12.8. The molecule has 3 aliphatic heterocycles. The van der Waals surface area contributed by atoms with Crippen LogP contribution >= 0.6 is 0 Å². The van der Waals surface area contributed by atoms with Crippen molar-refractivity contribution in [3.8, 4) is 11.3 Å². The highest BCUT2D eigenvalue weighted by Crippen LogP contribution is 2.43. The van der Waals surface area contributed by atoms with Crippen molar-refractivity contribution in [1.29, 1.82) is 0 Å². The second-order valence-corrected chi connectivity index (χ2v) is 17.5. The van der Waals surface area contributed by atoms with Gasteiger partial charge in [0.1, 0.15) is 18.0 Å². The number of aryl methyl sites for hydroxylation is 1. The fourth-order valence-electron chi connectivity index (χ4n) is 9.43. The van der Waals surface area contributed by atoms with Crippen molar-refractivity contribution in [1.82, 2.24) is 24.3 Å². The molecule has 2 aromatic heterocycles. The number of aromatic nitrogens is 3. The summed E-state index contributed by atoms with van der Waals surface area (Å²) in [7, 11) is 5.05. The lowest BCUT2D eigenvalue weighted by molar-refractivity contribution is -0.295. The molecule has 59 heavy (non-hydrogen) atoms. The summed E-state index contributed by atoms with van der Waals surface area (Å²) < 4.78 is 49.4. The summed E-state index contributed by atoms with van der Waals surface area (Å²) in [6.45, 7) is 13.4. The lowest BCUT2D eigenvalue weighted by Crippen LogP contribution is -2.61. The largest absolute Gasteiger partial charge is 0.455 e. The summed E-state index contributed by atoms with van der Waals surface area (Å²) in [6.07, 6.45) is 2.93. The quantitative estimate of drug-likeness (QED) is 0.182. The van der Waals surface area contributed by atoms with E-state index in [1.54, 1.807) is 53.3 Å². The van der Waals surface area contributed by atoms with E-state index < -0.39 is 83.1 Å². The first-order chi connectivity index (χ1) is 27.7. The molecule has 2 aromatic rings. The number of nitrogens with zero attached hydrogens (tertiary/aromatic N) is 5. The summed E-state index contributed by atoms with van der Waals surface area (Å²) in [5, 5.41) is 11.4. The average Bonchev–Trinajstić information content (AvgIpc) is 3.78. The summed E-state index contributed by atoms with van der Waals surface area (Å²) in [5.74, 6) is -5.78. The Morgan fingerprint density at radius 2 is 1.75 bits per heavy atom. The highest BCUT2D eigenvalue weighted by molar-refractivity contribution is 6.08. The molecule has 0 saturated carbocycles. The number of aliphatic hydroxyl groups is 1. The number of unbranched alkanes of at least 4 members (excludes halogenated alkanes) is 1. The van der Waals surface area contributed by atoms with E-state index in [1.165, 1.54) is 18.9 Å². The first-order valence-electron chi connectivity index (χ1n) is 20.8. The fraction of sp³-hybridized carbons (Fsp3) is 0.721. The number of pyridine rings is 1. The predicted octanol–water partition coefficient (Wildman–Crippen LogP) is 5.02. The molecule has 3 fully saturated rings. The number of imidazole rings is 1. The molecular weight excluding hydrogens is 765 g/mol.